The summed E-state index contributed by atoms with van der Waals surface area (Å²) < 4.78 is 2.15. The van der Waals surface area contributed by atoms with Crippen molar-refractivity contribution in [3.05, 3.63) is 82.9 Å². The molecule has 0 saturated carbocycles. The number of rotatable bonds is 5. The van der Waals surface area contributed by atoms with E-state index in [1.807, 2.05) is 41.7 Å². The van der Waals surface area contributed by atoms with Gasteiger partial charge in [-0.3, -0.25) is 9.69 Å². The molecule has 0 unspecified atom stereocenters. The molecule has 0 spiro atoms. The molecule has 28 heavy (non-hydrogen) atoms. The first kappa shape index (κ1) is 18.7. The lowest BCUT2D eigenvalue weighted by molar-refractivity contribution is -0.121. The molecule has 1 aromatic heterocycles. The van der Waals surface area contributed by atoms with Gasteiger partial charge in [-0.15, -0.1) is 0 Å². The third kappa shape index (κ3) is 4.26. The van der Waals surface area contributed by atoms with Gasteiger partial charge in [0.2, 0.25) is 5.91 Å². The van der Waals surface area contributed by atoms with Crippen LogP contribution < -0.4 is 4.90 Å². The SMILES string of the molecule is Cc1ccc(Cn2cncc2CN2CCN(c3cccc(Cl)c3)C(=O)C2)cc1. The molecule has 2 aromatic carbocycles. The van der Waals surface area contributed by atoms with Gasteiger partial charge in [-0.05, 0) is 30.7 Å². The number of nitrogens with zero attached hydrogens (tertiary/aromatic N) is 4. The average molecular weight is 395 g/mol. The fraction of sp³-hybridized carbons (Fsp3) is 0.273. The van der Waals surface area contributed by atoms with Crippen LogP contribution in [0.1, 0.15) is 16.8 Å². The number of halogens is 1. The molecule has 1 aliphatic rings. The van der Waals surface area contributed by atoms with Crippen molar-refractivity contribution in [2.24, 2.45) is 0 Å². The number of anilines is 1. The number of amides is 1. The summed E-state index contributed by atoms with van der Waals surface area (Å²) in [5, 5.41) is 0.646. The molecule has 0 bridgehead atoms. The first-order valence-electron chi connectivity index (χ1n) is 9.41. The Labute approximate surface area is 170 Å². The van der Waals surface area contributed by atoms with E-state index in [0.29, 0.717) is 24.7 Å². The number of carbonyl (C=O) groups is 1. The number of benzene rings is 2. The van der Waals surface area contributed by atoms with Crippen molar-refractivity contribution >= 4 is 23.2 Å². The fourth-order valence-electron chi connectivity index (χ4n) is 3.52. The van der Waals surface area contributed by atoms with E-state index in [9.17, 15) is 4.79 Å². The fourth-order valence-corrected chi connectivity index (χ4v) is 3.70. The van der Waals surface area contributed by atoms with E-state index in [1.165, 1.54) is 11.1 Å². The molecule has 3 aromatic rings. The first-order valence-corrected chi connectivity index (χ1v) is 9.79. The van der Waals surface area contributed by atoms with Gasteiger partial charge in [0.1, 0.15) is 0 Å². The maximum Gasteiger partial charge on any atom is 0.241 e. The van der Waals surface area contributed by atoms with Crippen molar-refractivity contribution in [3.63, 3.8) is 0 Å². The maximum absolute atomic E-state index is 12.7. The van der Waals surface area contributed by atoms with Gasteiger partial charge in [-0.25, -0.2) is 4.98 Å². The van der Waals surface area contributed by atoms with Gasteiger partial charge in [0.25, 0.3) is 0 Å². The maximum atomic E-state index is 12.7. The average Bonchev–Trinajstić information content (AvgIpc) is 3.10. The molecule has 0 atom stereocenters. The minimum absolute atomic E-state index is 0.0955. The minimum atomic E-state index is 0.0955. The van der Waals surface area contributed by atoms with Crippen LogP contribution in [-0.4, -0.2) is 40.0 Å². The third-order valence-corrected chi connectivity index (χ3v) is 5.31. The highest BCUT2D eigenvalue weighted by Crippen LogP contribution is 2.22. The van der Waals surface area contributed by atoms with Crippen molar-refractivity contribution in [3.8, 4) is 0 Å². The van der Waals surface area contributed by atoms with E-state index in [1.54, 1.807) is 0 Å². The number of carbonyl (C=O) groups excluding carboxylic acids is 1. The summed E-state index contributed by atoms with van der Waals surface area (Å²) in [6, 6.07) is 16.0. The summed E-state index contributed by atoms with van der Waals surface area (Å²) >= 11 is 6.07. The molecule has 0 radical (unpaired) electrons. The van der Waals surface area contributed by atoms with E-state index in [-0.39, 0.29) is 5.91 Å². The van der Waals surface area contributed by atoms with Crippen LogP contribution in [0.5, 0.6) is 0 Å². The molecule has 4 rings (SSSR count). The van der Waals surface area contributed by atoms with Gasteiger partial charge in [0.05, 0.1) is 18.6 Å². The Morgan fingerprint density at radius 3 is 2.64 bits per heavy atom. The molecule has 5 nitrogen and oxygen atoms in total. The van der Waals surface area contributed by atoms with Crippen molar-refractivity contribution in [2.75, 3.05) is 24.5 Å². The summed E-state index contributed by atoms with van der Waals surface area (Å²) in [5.41, 5.74) is 4.48. The third-order valence-electron chi connectivity index (χ3n) is 5.08. The van der Waals surface area contributed by atoms with Crippen molar-refractivity contribution in [1.82, 2.24) is 14.5 Å². The number of hydrogen-bond acceptors (Lipinski definition) is 3. The lowest BCUT2D eigenvalue weighted by Gasteiger charge is -2.34. The van der Waals surface area contributed by atoms with Crippen LogP contribution in [0.2, 0.25) is 5.02 Å². The van der Waals surface area contributed by atoms with E-state index in [4.69, 9.17) is 11.6 Å². The van der Waals surface area contributed by atoms with Crippen molar-refractivity contribution in [1.29, 1.82) is 0 Å². The smallest absolute Gasteiger partial charge is 0.241 e. The molecule has 0 aliphatic carbocycles. The monoisotopic (exact) mass is 394 g/mol. The summed E-state index contributed by atoms with van der Waals surface area (Å²) in [5.74, 6) is 0.0955. The highest BCUT2D eigenvalue weighted by atomic mass is 35.5. The second kappa shape index (κ2) is 8.17. The van der Waals surface area contributed by atoms with Gasteiger partial charge in [0.15, 0.2) is 0 Å². The van der Waals surface area contributed by atoms with Crippen LogP contribution in [0.25, 0.3) is 0 Å². The van der Waals surface area contributed by atoms with E-state index in [0.717, 1.165) is 24.5 Å². The van der Waals surface area contributed by atoms with Gasteiger partial charge in [-0.1, -0.05) is 47.5 Å². The number of imidazole rings is 1. The Hall–Kier alpha value is -2.63. The molecule has 1 amide bonds. The summed E-state index contributed by atoms with van der Waals surface area (Å²) in [7, 11) is 0. The highest BCUT2D eigenvalue weighted by Gasteiger charge is 2.25. The van der Waals surface area contributed by atoms with E-state index >= 15 is 0 Å². The van der Waals surface area contributed by atoms with E-state index in [2.05, 4.69) is 45.6 Å². The zero-order valence-corrected chi connectivity index (χ0v) is 16.6. The van der Waals surface area contributed by atoms with Crippen LogP contribution in [-0.2, 0) is 17.9 Å². The Morgan fingerprint density at radius 2 is 1.89 bits per heavy atom. The lowest BCUT2D eigenvalue weighted by Crippen LogP contribution is -2.50. The standard InChI is InChI=1S/C22H23ClN4O/c1-17-5-7-18(8-6-17)13-26-16-24-12-21(26)14-25-9-10-27(22(28)15-25)20-4-2-3-19(23)11-20/h2-8,11-12,16H,9-10,13-15H2,1H3. The molecule has 1 saturated heterocycles. The Morgan fingerprint density at radius 1 is 1.07 bits per heavy atom. The van der Waals surface area contributed by atoms with Crippen LogP contribution in [0, 0.1) is 6.92 Å². The second-order valence-corrected chi connectivity index (χ2v) is 7.67. The van der Waals surface area contributed by atoms with Crippen molar-refractivity contribution < 1.29 is 4.79 Å². The first-order chi connectivity index (χ1) is 13.6. The van der Waals surface area contributed by atoms with Gasteiger partial charge >= 0.3 is 0 Å². The molecule has 1 aliphatic heterocycles. The van der Waals surface area contributed by atoms with Gasteiger partial charge in [0, 0.05) is 43.1 Å². The van der Waals surface area contributed by atoms with Gasteiger partial charge < -0.3 is 9.47 Å². The molecule has 0 N–H and O–H groups in total. The topological polar surface area (TPSA) is 41.4 Å². The lowest BCUT2D eigenvalue weighted by atomic mass is 10.1. The van der Waals surface area contributed by atoms with Crippen LogP contribution in [0.4, 0.5) is 5.69 Å². The minimum Gasteiger partial charge on any atom is -0.329 e. The molecule has 2 heterocycles. The Bertz CT molecular complexity index is 967. The molecular weight excluding hydrogens is 372 g/mol. The van der Waals surface area contributed by atoms with E-state index < -0.39 is 0 Å². The van der Waals surface area contributed by atoms with Crippen LogP contribution >= 0.6 is 11.6 Å². The normalized spacial score (nSPS) is 15.2. The van der Waals surface area contributed by atoms with Crippen LogP contribution in [0.3, 0.4) is 0 Å². The zero-order chi connectivity index (χ0) is 19.5. The second-order valence-electron chi connectivity index (χ2n) is 7.23. The molecule has 1 fully saturated rings. The largest absolute Gasteiger partial charge is 0.329 e. The number of hydrogen-bond donors (Lipinski definition) is 0. The predicted octanol–water partition coefficient (Wildman–Crippen LogP) is 3.74. The van der Waals surface area contributed by atoms with Crippen LogP contribution in [0.15, 0.2) is 61.1 Å². The highest BCUT2D eigenvalue weighted by molar-refractivity contribution is 6.30. The number of piperazine rings is 1. The Balaban J connectivity index is 1.40. The Kier molecular flexibility index (Phi) is 5.46. The molecule has 6 heteroatoms. The summed E-state index contributed by atoms with van der Waals surface area (Å²) in [6.45, 7) is 5.45. The molecular formula is C22H23ClN4O. The predicted molar refractivity (Wildman–Crippen MR) is 112 cm³/mol. The number of aromatic nitrogens is 2. The zero-order valence-electron chi connectivity index (χ0n) is 15.9. The quantitative estimate of drug-likeness (QED) is 0.662. The number of aryl methyl sites for hydroxylation is 1. The van der Waals surface area contributed by atoms with Crippen molar-refractivity contribution in [2.45, 2.75) is 20.0 Å². The summed E-state index contributed by atoms with van der Waals surface area (Å²) in [4.78, 5) is 21.0. The molecule has 144 valence electrons. The van der Waals surface area contributed by atoms with Gasteiger partial charge in [-0.2, -0.15) is 0 Å². The summed E-state index contributed by atoms with van der Waals surface area (Å²) in [6.07, 6.45) is 3.75.